The van der Waals surface area contributed by atoms with Gasteiger partial charge in [0, 0.05) is 56.8 Å². The van der Waals surface area contributed by atoms with Gasteiger partial charge < -0.3 is 22.1 Å². The summed E-state index contributed by atoms with van der Waals surface area (Å²) in [7, 11) is 0. The highest BCUT2D eigenvalue weighted by Gasteiger charge is 2.41. The average Bonchev–Trinajstić information content (AvgIpc) is 1.70. The molecule has 530 valence electrons. The van der Waals surface area contributed by atoms with E-state index in [9.17, 15) is 24.0 Å². The smallest absolute Gasteiger partial charge is 0.262 e. The summed E-state index contributed by atoms with van der Waals surface area (Å²) in [4.78, 5) is 85.4. The van der Waals surface area contributed by atoms with E-state index < -0.39 is 12.1 Å². The number of nitrogens with zero attached hydrogens (tertiary/aromatic N) is 8. The summed E-state index contributed by atoms with van der Waals surface area (Å²) < 4.78 is 1.50. The SMILES string of the molecule is CC(N)c1cc2cccc(Cl)c2nc1-c1ccccc1.CC(NC(=O)c1c(N)nn2cccnc12)C1=Cc2cccc(Cl)c2NC1c1ccccc1.CC(c1cc2cccc(Cl)c2nc1-c1ccccc1)N1C(=O)c2ccccc2C1=O.CC(c1cc2cccc(Cl)c2nc1Cl)N1C(=O)c2ccccc2C1=O. The molecule has 5 unspecified atom stereocenters. The number of nitrogen functional groups attached to an aromatic ring is 1. The Hall–Kier alpha value is -11.7. The second kappa shape index (κ2) is 30.8. The van der Waals surface area contributed by atoms with Crippen LogP contribution < -0.4 is 22.1 Å². The van der Waals surface area contributed by atoms with Gasteiger partial charge >= 0.3 is 0 Å². The summed E-state index contributed by atoms with van der Waals surface area (Å²) in [5.41, 5.74) is 26.5. The number of anilines is 2. The van der Waals surface area contributed by atoms with Gasteiger partial charge in [0.25, 0.3) is 29.5 Å². The van der Waals surface area contributed by atoms with E-state index in [1.807, 2.05) is 172 Å². The number of halogens is 5. The van der Waals surface area contributed by atoms with Gasteiger partial charge in [0.2, 0.25) is 0 Å². The molecule has 3 aliphatic rings. The van der Waals surface area contributed by atoms with Gasteiger partial charge in [0.1, 0.15) is 10.7 Å². The summed E-state index contributed by atoms with van der Waals surface area (Å²) in [6.45, 7) is 7.55. The number of rotatable bonds is 11. The third-order valence-corrected chi connectivity index (χ3v) is 20.5. The molecule has 0 saturated heterocycles. The van der Waals surface area contributed by atoms with E-state index in [0.29, 0.717) is 70.3 Å². The number of hydrogen-bond donors (Lipinski definition) is 4. The van der Waals surface area contributed by atoms with Crippen molar-refractivity contribution in [2.75, 3.05) is 11.1 Å². The molecule has 17 rings (SSSR count). The second-order valence-electron chi connectivity index (χ2n) is 25.8. The highest BCUT2D eigenvalue weighted by molar-refractivity contribution is 6.37. The number of nitrogens with one attached hydrogen (secondary N) is 2. The zero-order valence-electron chi connectivity index (χ0n) is 57.8. The van der Waals surface area contributed by atoms with Crippen molar-refractivity contribution in [3.8, 4) is 22.5 Å². The molecule has 0 radical (unpaired) electrons. The number of hydrogen-bond acceptors (Lipinski definition) is 13. The first-order valence-corrected chi connectivity index (χ1v) is 36.1. The number of carbonyl (C=O) groups is 5. The predicted molar refractivity (Wildman–Crippen MR) is 426 cm³/mol. The Balaban J connectivity index is 0.000000121. The molecular formula is C85H65Cl5N12O5. The second-order valence-corrected chi connectivity index (χ2v) is 27.7. The third kappa shape index (κ3) is 14.3. The van der Waals surface area contributed by atoms with Crippen LogP contribution in [0.3, 0.4) is 0 Å². The fourth-order valence-corrected chi connectivity index (χ4v) is 14.8. The van der Waals surface area contributed by atoms with Gasteiger partial charge in [-0.25, -0.2) is 24.5 Å². The topological polar surface area (TPSA) is 237 Å². The molecule has 14 aromatic rings. The minimum absolute atomic E-state index is 0.0823. The minimum atomic E-state index is -0.546. The Bertz CT molecular complexity index is 5820. The van der Waals surface area contributed by atoms with Crippen LogP contribution in [0.2, 0.25) is 25.2 Å². The summed E-state index contributed by atoms with van der Waals surface area (Å²) in [6, 6.07) is 72.2. The van der Waals surface area contributed by atoms with Crippen LogP contribution in [0.25, 0.3) is 66.9 Å². The van der Waals surface area contributed by atoms with E-state index in [1.54, 1.807) is 86.0 Å². The number of aromatic nitrogens is 6. The number of fused-ring (bicyclic) bond motifs is 7. The largest absolute Gasteiger partial charge is 0.381 e. The van der Waals surface area contributed by atoms with Crippen LogP contribution in [0.4, 0.5) is 11.5 Å². The molecule has 17 nitrogen and oxygen atoms in total. The van der Waals surface area contributed by atoms with Crippen LogP contribution in [0.1, 0.15) is 131 Å². The van der Waals surface area contributed by atoms with Gasteiger partial charge in [-0.2, -0.15) is 0 Å². The van der Waals surface area contributed by atoms with Crippen molar-refractivity contribution in [1.29, 1.82) is 0 Å². The fourth-order valence-electron chi connectivity index (χ4n) is 13.6. The van der Waals surface area contributed by atoms with E-state index in [1.165, 1.54) is 14.3 Å². The first-order valence-electron chi connectivity index (χ1n) is 34.2. The van der Waals surface area contributed by atoms with Crippen LogP contribution in [-0.2, 0) is 0 Å². The lowest BCUT2D eigenvalue weighted by Gasteiger charge is -2.32. The van der Waals surface area contributed by atoms with Gasteiger partial charge in [-0.1, -0.05) is 222 Å². The summed E-state index contributed by atoms with van der Waals surface area (Å²) >= 11 is 31.6. The summed E-state index contributed by atoms with van der Waals surface area (Å²) in [6.07, 6.45) is 5.40. The fraction of sp³-hybridized carbons (Fsp3) is 0.106. The quantitative estimate of drug-likeness (QED) is 0.0697. The van der Waals surface area contributed by atoms with E-state index in [0.717, 1.165) is 72.0 Å². The molecule has 3 aliphatic heterocycles. The Morgan fingerprint density at radius 2 is 0.925 bits per heavy atom. The van der Waals surface area contributed by atoms with Crippen LogP contribution in [0.5, 0.6) is 0 Å². The lowest BCUT2D eigenvalue weighted by atomic mass is 9.88. The molecular weight excluding hydrogens is 1450 g/mol. The van der Waals surface area contributed by atoms with Crippen molar-refractivity contribution in [2.45, 2.75) is 57.9 Å². The maximum Gasteiger partial charge on any atom is 0.262 e. The van der Waals surface area contributed by atoms with E-state index in [-0.39, 0.29) is 64.2 Å². The number of amides is 5. The highest BCUT2D eigenvalue weighted by Crippen LogP contribution is 2.43. The average molecular weight is 1510 g/mol. The number of para-hydroxylation sites is 4. The Kier molecular flexibility index (Phi) is 20.8. The highest BCUT2D eigenvalue weighted by atomic mass is 35.5. The molecule has 9 aromatic carbocycles. The molecule has 0 saturated carbocycles. The number of imide groups is 2. The molecule has 22 heteroatoms. The normalized spacial score (nSPS) is 14.6. The number of carbonyl (C=O) groups excluding carboxylic acids is 5. The van der Waals surface area contributed by atoms with Gasteiger partial charge in [0.05, 0.1) is 100 Å². The molecule has 0 aliphatic carbocycles. The van der Waals surface area contributed by atoms with Crippen molar-refractivity contribution in [1.82, 2.24) is 44.7 Å². The lowest BCUT2D eigenvalue weighted by Crippen LogP contribution is -2.38. The molecule has 8 heterocycles. The number of pyridine rings is 3. The van der Waals surface area contributed by atoms with Crippen molar-refractivity contribution < 1.29 is 24.0 Å². The molecule has 5 amide bonds. The molecule has 5 atom stereocenters. The van der Waals surface area contributed by atoms with Crippen LogP contribution in [0.15, 0.2) is 255 Å². The lowest BCUT2D eigenvalue weighted by molar-refractivity contribution is 0.0579. The van der Waals surface area contributed by atoms with Crippen LogP contribution in [-0.4, -0.2) is 74.9 Å². The van der Waals surface area contributed by atoms with E-state index >= 15 is 0 Å². The van der Waals surface area contributed by atoms with Crippen molar-refractivity contribution in [3.63, 3.8) is 0 Å². The molecule has 107 heavy (non-hydrogen) atoms. The minimum Gasteiger partial charge on any atom is -0.381 e. The summed E-state index contributed by atoms with van der Waals surface area (Å²) in [5, 5.41) is 16.1. The molecule has 6 N–H and O–H groups in total. The van der Waals surface area contributed by atoms with Crippen LogP contribution >= 0.6 is 58.0 Å². The van der Waals surface area contributed by atoms with E-state index in [4.69, 9.17) is 79.4 Å². The number of benzene rings is 9. The standard InChI is InChI=1S/C25H17ClN2O2.C24H21ClN6O.C19H12Cl2N2O2.C17H15ClN2/c1-15(28-24(29)18-11-5-6-12-19(18)25(28)30)20-14-17-10-7-13-21(26)23(17)27-22(20)16-8-3-2-4-9-16;1-14(28-24(32)19-22(26)30-31-12-6-11-27-23(19)31)17-13-16-9-5-10-18(25)21(16)29-20(17)15-7-3-2-4-8-15;1-10(23-18(24)12-6-2-3-7-13(12)19(23)25)14-9-11-5-4-8-15(20)16(11)22-17(14)21;1-11(19)14-10-13-8-5-9-15(18)17(13)20-16(14)12-6-3-2-4-7-12/h2-15H,1H3;2-14,20,29H,1H3,(H2,26,30)(H,28,32);2-10H,1H3;2-11H,19H2,1H3. The Labute approximate surface area is 640 Å². The zero-order chi connectivity index (χ0) is 74.9. The van der Waals surface area contributed by atoms with Crippen molar-refractivity contribution in [2.24, 2.45) is 5.73 Å². The predicted octanol–water partition coefficient (Wildman–Crippen LogP) is 19.7. The van der Waals surface area contributed by atoms with Crippen molar-refractivity contribution in [3.05, 3.63) is 335 Å². The first-order chi connectivity index (χ1) is 51.7. The maximum absolute atomic E-state index is 13.2. The monoisotopic (exact) mass is 1510 g/mol. The van der Waals surface area contributed by atoms with E-state index in [2.05, 4.69) is 50.0 Å². The van der Waals surface area contributed by atoms with Gasteiger partial charge in [0.15, 0.2) is 11.5 Å². The molecule has 5 aromatic heterocycles. The Morgan fingerprint density at radius 3 is 1.43 bits per heavy atom. The first kappa shape index (κ1) is 72.3. The van der Waals surface area contributed by atoms with Crippen molar-refractivity contribution >= 4 is 143 Å². The van der Waals surface area contributed by atoms with Gasteiger partial charge in [-0.05, 0) is 129 Å². The number of nitrogens with two attached hydrogens (primary N) is 2. The molecule has 0 bridgehead atoms. The summed E-state index contributed by atoms with van der Waals surface area (Å²) in [5.74, 6) is -1.40. The van der Waals surface area contributed by atoms with Gasteiger partial charge in [-0.3, -0.25) is 33.8 Å². The molecule has 0 fully saturated rings. The molecule has 0 spiro atoms. The van der Waals surface area contributed by atoms with Gasteiger partial charge in [-0.15, -0.1) is 5.10 Å². The van der Waals surface area contributed by atoms with Crippen LogP contribution in [0, 0.1) is 0 Å². The Morgan fingerprint density at radius 1 is 0.495 bits per heavy atom. The zero-order valence-corrected chi connectivity index (χ0v) is 61.6. The maximum atomic E-state index is 13.2. The third-order valence-electron chi connectivity index (χ3n) is 19.0.